The van der Waals surface area contributed by atoms with Gasteiger partial charge in [-0.3, -0.25) is 19.8 Å². The maximum absolute atomic E-state index is 13.1. The van der Waals surface area contributed by atoms with Crippen LogP contribution >= 0.6 is 11.8 Å². The van der Waals surface area contributed by atoms with E-state index in [9.17, 15) is 23.3 Å². The number of sulfonamides is 1. The van der Waals surface area contributed by atoms with Crippen molar-refractivity contribution in [2.45, 2.75) is 16.3 Å². The van der Waals surface area contributed by atoms with Crippen LogP contribution in [0.25, 0.3) is 5.69 Å². The molecule has 49 heavy (non-hydrogen) atoms. The number of carbonyl (C=O) groups excluding carboxylic acids is 1. The summed E-state index contributed by atoms with van der Waals surface area (Å²) in [4.78, 5) is 29.4. The van der Waals surface area contributed by atoms with E-state index < -0.39 is 26.5 Å². The van der Waals surface area contributed by atoms with Gasteiger partial charge >= 0.3 is 0 Å². The van der Waals surface area contributed by atoms with Crippen molar-refractivity contribution in [2.24, 2.45) is 0 Å². The molecule has 4 aromatic carbocycles. The van der Waals surface area contributed by atoms with Crippen molar-refractivity contribution in [1.82, 2.24) is 19.4 Å². The summed E-state index contributed by atoms with van der Waals surface area (Å²) in [5, 5.41) is 19.3. The number of nitrogens with one attached hydrogen (secondary N) is 2. The number of anilines is 2. The molecule has 1 saturated heterocycles. The van der Waals surface area contributed by atoms with E-state index in [4.69, 9.17) is 0 Å². The molecule has 0 radical (unpaired) electrons. The Hall–Kier alpha value is -5.18. The SMILES string of the molecule is O=C(NS(=O)(=O)c1ccc(NCCSc2ccccc2)c([N+](=O)[O-])c1)c1ccc(N2CCN(Cc3ccnn3-c3ccccc3)CC2)cc1. The van der Waals surface area contributed by atoms with Gasteiger partial charge in [0, 0.05) is 73.4 Å². The van der Waals surface area contributed by atoms with Crippen LogP contribution in [0.2, 0.25) is 0 Å². The molecular weight excluding hydrogens is 663 g/mol. The van der Waals surface area contributed by atoms with E-state index >= 15 is 0 Å². The second-order valence-electron chi connectivity index (χ2n) is 11.3. The molecule has 0 spiro atoms. The zero-order chi connectivity index (χ0) is 34.2. The van der Waals surface area contributed by atoms with Crippen LogP contribution in [-0.4, -0.2) is 72.4 Å². The van der Waals surface area contributed by atoms with E-state index in [1.54, 1.807) is 36.0 Å². The van der Waals surface area contributed by atoms with Crippen molar-refractivity contribution in [3.05, 3.63) is 137 Å². The van der Waals surface area contributed by atoms with E-state index in [1.807, 2.05) is 82.3 Å². The summed E-state index contributed by atoms with van der Waals surface area (Å²) < 4.78 is 30.2. The molecule has 12 nitrogen and oxygen atoms in total. The van der Waals surface area contributed by atoms with Gasteiger partial charge in [-0.2, -0.15) is 5.10 Å². The Kier molecular flexibility index (Phi) is 10.6. The van der Waals surface area contributed by atoms with E-state index in [2.05, 4.69) is 20.2 Å². The maximum atomic E-state index is 13.1. The van der Waals surface area contributed by atoms with Gasteiger partial charge in [0.1, 0.15) is 5.69 Å². The third-order valence-electron chi connectivity index (χ3n) is 8.11. The number of rotatable bonds is 13. The number of benzene rings is 4. The highest BCUT2D eigenvalue weighted by molar-refractivity contribution is 7.99. The standard InChI is InChI=1S/C35H35N7O5S2/c43-35(38-49(46,47)32-15-16-33(34(25-32)42(44)45)36-19-24-48-31-9-5-2-6-10-31)27-11-13-28(14-12-27)40-22-20-39(21-23-40)26-30-17-18-37-41(30)29-7-3-1-4-8-29/h1-18,25,36H,19-24,26H2,(H,38,43). The lowest BCUT2D eigenvalue weighted by Gasteiger charge is -2.36. The van der Waals surface area contributed by atoms with Gasteiger partial charge in [-0.1, -0.05) is 36.4 Å². The Labute approximate surface area is 288 Å². The minimum atomic E-state index is -4.38. The first-order chi connectivity index (χ1) is 23.8. The Bertz CT molecular complexity index is 2000. The van der Waals surface area contributed by atoms with Gasteiger partial charge in [0.2, 0.25) is 0 Å². The van der Waals surface area contributed by atoms with E-state index in [0.29, 0.717) is 12.3 Å². The van der Waals surface area contributed by atoms with Gasteiger partial charge in [-0.05, 0) is 66.7 Å². The third kappa shape index (κ3) is 8.46. The number of amides is 1. The largest absolute Gasteiger partial charge is 0.379 e. The fourth-order valence-corrected chi connectivity index (χ4v) is 7.34. The van der Waals surface area contributed by atoms with Gasteiger partial charge in [0.25, 0.3) is 21.6 Å². The first kappa shape index (κ1) is 33.7. The zero-order valence-electron chi connectivity index (χ0n) is 26.5. The Morgan fingerprint density at radius 3 is 2.24 bits per heavy atom. The lowest BCUT2D eigenvalue weighted by molar-refractivity contribution is -0.384. The molecule has 0 bridgehead atoms. The van der Waals surface area contributed by atoms with Crippen LogP contribution in [0, 0.1) is 10.1 Å². The lowest BCUT2D eigenvalue weighted by Crippen LogP contribution is -2.46. The Morgan fingerprint density at radius 2 is 1.55 bits per heavy atom. The van der Waals surface area contributed by atoms with Crippen LogP contribution in [-0.2, 0) is 16.6 Å². The highest BCUT2D eigenvalue weighted by atomic mass is 32.2. The maximum Gasteiger partial charge on any atom is 0.293 e. The van der Waals surface area contributed by atoms with Gasteiger partial charge in [0.15, 0.2) is 0 Å². The highest BCUT2D eigenvalue weighted by Gasteiger charge is 2.24. The first-order valence-electron chi connectivity index (χ1n) is 15.7. The third-order valence-corrected chi connectivity index (χ3v) is 10.4. The van der Waals surface area contributed by atoms with Gasteiger partial charge in [-0.15, -0.1) is 11.8 Å². The van der Waals surface area contributed by atoms with Crippen LogP contribution in [0.3, 0.4) is 0 Å². The molecule has 6 rings (SSSR count). The number of nitro benzene ring substituents is 1. The molecule has 5 aromatic rings. The number of para-hydroxylation sites is 1. The number of thioether (sulfide) groups is 1. The van der Waals surface area contributed by atoms with E-state index in [-0.39, 0.29) is 16.1 Å². The molecule has 2 heterocycles. The zero-order valence-corrected chi connectivity index (χ0v) is 28.1. The van der Waals surface area contributed by atoms with E-state index in [1.165, 1.54) is 12.1 Å². The molecule has 1 aliphatic heterocycles. The van der Waals surface area contributed by atoms with Gasteiger partial charge in [-0.25, -0.2) is 17.8 Å². The highest BCUT2D eigenvalue weighted by Crippen LogP contribution is 2.28. The molecule has 1 amide bonds. The molecule has 2 N–H and O–H groups in total. The summed E-state index contributed by atoms with van der Waals surface area (Å²) in [5.74, 6) is -0.177. The average molecular weight is 698 g/mol. The Morgan fingerprint density at radius 1 is 0.857 bits per heavy atom. The molecular formula is C35H35N7O5S2. The van der Waals surface area contributed by atoms with Crippen LogP contribution in [0.1, 0.15) is 16.1 Å². The number of hydrogen-bond donors (Lipinski definition) is 2. The number of aromatic nitrogens is 2. The molecule has 1 fully saturated rings. The molecule has 0 aliphatic carbocycles. The van der Waals surface area contributed by atoms with Crippen LogP contribution in [0.15, 0.2) is 125 Å². The van der Waals surface area contributed by atoms with Crippen molar-refractivity contribution in [2.75, 3.05) is 48.7 Å². The quantitative estimate of drug-likeness (QED) is 0.0708. The van der Waals surface area contributed by atoms with Gasteiger partial charge < -0.3 is 10.2 Å². The molecule has 0 atom stereocenters. The summed E-state index contributed by atoms with van der Waals surface area (Å²) in [5.41, 5.74) is 3.01. The fourth-order valence-electron chi connectivity index (χ4n) is 5.56. The average Bonchev–Trinajstić information content (AvgIpc) is 3.59. The van der Waals surface area contributed by atoms with Gasteiger partial charge in [0.05, 0.1) is 21.2 Å². The van der Waals surface area contributed by atoms with E-state index in [0.717, 1.165) is 60.8 Å². The smallest absolute Gasteiger partial charge is 0.293 e. The minimum Gasteiger partial charge on any atom is -0.379 e. The number of hydrogen-bond acceptors (Lipinski definition) is 10. The Balaban J connectivity index is 1.02. The predicted octanol–water partition coefficient (Wildman–Crippen LogP) is 5.43. The normalized spacial score (nSPS) is 13.6. The summed E-state index contributed by atoms with van der Waals surface area (Å²) >= 11 is 1.59. The summed E-state index contributed by atoms with van der Waals surface area (Å²) in [6, 6.07) is 32.1. The second kappa shape index (κ2) is 15.4. The van der Waals surface area contributed by atoms with Crippen molar-refractivity contribution in [3.8, 4) is 5.69 Å². The fraction of sp³-hybridized carbons (Fsp3) is 0.200. The summed E-state index contributed by atoms with van der Waals surface area (Å²) in [6.07, 6.45) is 1.81. The second-order valence-corrected chi connectivity index (χ2v) is 14.2. The van der Waals surface area contributed by atoms with Crippen molar-refractivity contribution in [3.63, 3.8) is 0 Å². The minimum absolute atomic E-state index is 0.156. The number of carbonyl (C=O) groups is 1. The predicted molar refractivity (Wildman–Crippen MR) is 191 cm³/mol. The monoisotopic (exact) mass is 697 g/mol. The summed E-state index contributed by atoms with van der Waals surface area (Å²) in [6.45, 7) is 4.45. The number of nitro groups is 1. The first-order valence-corrected chi connectivity index (χ1v) is 18.2. The van der Waals surface area contributed by atoms with Crippen LogP contribution in [0.5, 0.6) is 0 Å². The number of piperazine rings is 1. The van der Waals surface area contributed by atoms with Crippen LogP contribution in [0.4, 0.5) is 17.1 Å². The molecule has 1 aromatic heterocycles. The topological polar surface area (TPSA) is 143 Å². The summed E-state index contributed by atoms with van der Waals surface area (Å²) in [7, 11) is -4.38. The molecule has 0 saturated carbocycles. The molecule has 1 aliphatic rings. The van der Waals surface area contributed by atoms with Crippen molar-refractivity contribution in [1.29, 1.82) is 0 Å². The van der Waals surface area contributed by atoms with Crippen LogP contribution < -0.4 is 14.9 Å². The van der Waals surface area contributed by atoms with Crippen molar-refractivity contribution >= 4 is 44.8 Å². The molecule has 14 heteroatoms. The molecule has 0 unspecified atom stereocenters. The number of nitrogens with zero attached hydrogens (tertiary/aromatic N) is 5. The van der Waals surface area contributed by atoms with Crippen molar-refractivity contribution < 1.29 is 18.1 Å². The lowest BCUT2D eigenvalue weighted by atomic mass is 10.1. The molecule has 252 valence electrons.